The molecule has 1 N–H and O–H groups in total. The second-order valence-corrected chi connectivity index (χ2v) is 4.28. The minimum Gasteiger partial charge on any atom is -0.382 e. The smallest absolute Gasteiger partial charge is 0.0934 e. The first-order valence-corrected chi connectivity index (χ1v) is 5.75. The molecule has 0 aliphatic heterocycles. The molecule has 0 radical (unpaired) electrons. The van der Waals surface area contributed by atoms with Crippen LogP contribution in [-0.4, -0.2) is 11.5 Å². The van der Waals surface area contributed by atoms with Crippen molar-refractivity contribution in [2.24, 2.45) is 0 Å². The van der Waals surface area contributed by atoms with Crippen LogP contribution in [-0.2, 0) is 0 Å². The summed E-state index contributed by atoms with van der Waals surface area (Å²) in [5.74, 6) is 0. The molecule has 0 bridgehead atoms. The molecule has 16 heavy (non-hydrogen) atoms. The van der Waals surface area contributed by atoms with Gasteiger partial charge in [0, 0.05) is 22.6 Å². The van der Waals surface area contributed by atoms with Gasteiger partial charge >= 0.3 is 0 Å². The highest BCUT2D eigenvalue weighted by atomic mass is 79.9. The first-order valence-electron chi connectivity index (χ1n) is 4.96. The predicted octanol–water partition coefficient (Wildman–Crippen LogP) is 3.32. The van der Waals surface area contributed by atoms with Gasteiger partial charge in [0.15, 0.2) is 0 Å². The Balaban J connectivity index is 2.35. The number of nitriles is 1. The molecule has 3 nitrogen and oxygen atoms in total. The lowest BCUT2D eigenvalue weighted by Gasteiger charge is -2.07. The maximum Gasteiger partial charge on any atom is 0.0934 e. The minimum absolute atomic E-state index is 0.493. The highest BCUT2D eigenvalue weighted by Gasteiger charge is 2.01. The summed E-state index contributed by atoms with van der Waals surface area (Å²) in [4.78, 5) is 4.37. The van der Waals surface area contributed by atoms with Gasteiger partial charge in [0.2, 0.25) is 0 Å². The number of rotatable bonds is 3. The van der Waals surface area contributed by atoms with Gasteiger partial charge < -0.3 is 5.32 Å². The van der Waals surface area contributed by atoms with Crippen LogP contribution in [0.3, 0.4) is 0 Å². The summed E-state index contributed by atoms with van der Waals surface area (Å²) >= 11 is 3.39. The number of halogens is 1. The summed E-state index contributed by atoms with van der Waals surface area (Å²) < 4.78 is 0.967. The van der Waals surface area contributed by atoms with Crippen molar-refractivity contribution in [2.45, 2.75) is 6.42 Å². The van der Waals surface area contributed by atoms with Crippen molar-refractivity contribution in [3.8, 4) is 6.07 Å². The van der Waals surface area contributed by atoms with Gasteiger partial charge in [-0.25, -0.2) is 0 Å². The van der Waals surface area contributed by atoms with Crippen molar-refractivity contribution in [3.63, 3.8) is 0 Å². The number of fused-ring (bicyclic) bond motifs is 1. The molecule has 0 unspecified atom stereocenters. The highest BCUT2D eigenvalue weighted by Crippen LogP contribution is 2.23. The maximum absolute atomic E-state index is 8.48. The number of hydrogen-bond donors (Lipinski definition) is 1. The van der Waals surface area contributed by atoms with Crippen LogP contribution >= 0.6 is 15.9 Å². The number of anilines is 1. The third-order valence-corrected chi connectivity index (χ3v) is 2.66. The largest absolute Gasteiger partial charge is 0.382 e. The fourth-order valence-corrected chi connectivity index (χ4v) is 1.88. The van der Waals surface area contributed by atoms with E-state index in [1.54, 1.807) is 6.20 Å². The molecule has 1 aromatic carbocycles. The van der Waals surface area contributed by atoms with E-state index in [9.17, 15) is 0 Å². The van der Waals surface area contributed by atoms with Crippen molar-refractivity contribution in [1.82, 2.24) is 4.98 Å². The number of nitrogens with one attached hydrogen (secondary N) is 1. The monoisotopic (exact) mass is 275 g/mol. The zero-order valence-corrected chi connectivity index (χ0v) is 10.2. The maximum atomic E-state index is 8.48. The second kappa shape index (κ2) is 4.95. The van der Waals surface area contributed by atoms with E-state index in [-0.39, 0.29) is 0 Å². The van der Waals surface area contributed by atoms with Crippen molar-refractivity contribution < 1.29 is 0 Å². The Hall–Kier alpha value is -1.60. The molecule has 2 rings (SSSR count). The summed E-state index contributed by atoms with van der Waals surface area (Å²) in [6.07, 6.45) is 2.27. The number of nitrogens with zero attached hydrogens (tertiary/aromatic N) is 2. The van der Waals surface area contributed by atoms with Crippen LogP contribution in [0.4, 0.5) is 5.69 Å². The fourth-order valence-electron chi connectivity index (χ4n) is 1.53. The lowest BCUT2D eigenvalue weighted by Crippen LogP contribution is -2.01. The van der Waals surface area contributed by atoms with Gasteiger partial charge in [0.25, 0.3) is 0 Å². The van der Waals surface area contributed by atoms with Gasteiger partial charge in [0.05, 0.1) is 23.7 Å². The summed E-state index contributed by atoms with van der Waals surface area (Å²) in [5, 5.41) is 12.8. The van der Waals surface area contributed by atoms with Crippen LogP contribution in [0.25, 0.3) is 10.9 Å². The Bertz CT molecular complexity index is 545. The van der Waals surface area contributed by atoms with Crippen LogP contribution < -0.4 is 5.32 Å². The lowest BCUT2D eigenvalue weighted by molar-refractivity contribution is 1.08. The summed E-state index contributed by atoms with van der Waals surface area (Å²) in [6, 6.07) is 10.1. The molecule has 80 valence electrons. The van der Waals surface area contributed by atoms with Crippen molar-refractivity contribution in [2.75, 3.05) is 11.9 Å². The minimum atomic E-state index is 0.493. The molecule has 0 spiro atoms. The van der Waals surface area contributed by atoms with Crippen LogP contribution in [0.1, 0.15) is 6.42 Å². The number of aromatic nitrogens is 1. The van der Waals surface area contributed by atoms with E-state index in [1.165, 1.54) is 0 Å². The Morgan fingerprint density at radius 2 is 2.31 bits per heavy atom. The molecule has 1 heterocycles. The van der Waals surface area contributed by atoms with Crippen molar-refractivity contribution >= 4 is 32.5 Å². The third kappa shape index (κ3) is 2.31. The van der Waals surface area contributed by atoms with E-state index < -0.39 is 0 Å². The molecule has 0 aliphatic rings. The molecule has 0 amide bonds. The SMILES string of the molecule is N#CCCNc1cccc2cc(Br)cnc12. The molecule has 1 aromatic heterocycles. The topological polar surface area (TPSA) is 48.7 Å². The highest BCUT2D eigenvalue weighted by molar-refractivity contribution is 9.10. The number of pyridine rings is 1. The summed E-state index contributed by atoms with van der Waals surface area (Å²) in [6.45, 7) is 0.646. The van der Waals surface area contributed by atoms with Crippen LogP contribution in [0.5, 0.6) is 0 Å². The quantitative estimate of drug-likeness (QED) is 0.875. The van der Waals surface area contributed by atoms with E-state index in [2.05, 4.69) is 32.3 Å². The van der Waals surface area contributed by atoms with Crippen LogP contribution in [0, 0.1) is 11.3 Å². The molecular weight excluding hydrogens is 266 g/mol. The predicted molar refractivity (Wildman–Crippen MR) is 68.2 cm³/mol. The number of hydrogen-bond acceptors (Lipinski definition) is 3. The Morgan fingerprint density at radius 3 is 3.12 bits per heavy atom. The van der Waals surface area contributed by atoms with Crippen LogP contribution in [0.2, 0.25) is 0 Å². The third-order valence-electron chi connectivity index (χ3n) is 2.23. The molecule has 0 fully saturated rings. The molecule has 0 aliphatic carbocycles. The molecule has 4 heteroatoms. The Morgan fingerprint density at radius 1 is 1.44 bits per heavy atom. The number of para-hydroxylation sites is 1. The number of benzene rings is 1. The first kappa shape index (κ1) is 10.9. The average molecular weight is 276 g/mol. The van der Waals surface area contributed by atoms with E-state index in [0.717, 1.165) is 21.1 Å². The molecule has 0 atom stereocenters. The van der Waals surface area contributed by atoms with Crippen molar-refractivity contribution in [1.29, 1.82) is 5.26 Å². The van der Waals surface area contributed by atoms with E-state index in [4.69, 9.17) is 5.26 Å². The normalized spacial score (nSPS) is 10.0. The molecule has 0 saturated heterocycles. The molecule has 0 saturated carbocycles. The summed E-state index contributed by atoms with van der Waals surface area (Å²) in [7, 11) is 0. The summed E-state index contributed by atoms with van der Waals surface area (Å²) in [5.41, 5.74) is 1.91. The van der Waals surface area contributed by atoms with Gasteiger partial charge in [-0.2, -0.15) is 5.26 Å². The van der Waals surface area contributed by atoms with Crippen molar-refractivity contribution in [3.05, 3.63) is 34.9 Å². The van der Waals surface area contributed by atoms with Gasteiger partial charge in [0.1, 0.15) is 0 Å². The average Bonchev–Trinajstić information content (AvgIpc) is 2.29. The fraction of sp³-hybridized carbons (Fsp3) is 0.167. The van der Waals surface area contributed by atoms with Gasteiger partial charge in [-0.1, -0.05) is 12.1 Å². The first-order chi connectivity index (χ1) is 7.81. The Kier molecular flexibility index (Phi) is 3.37. The zero-order valence-electron chi connectivity index (χ0n) is 8.57. The lowest BCUT2D eigenvalue weighted by atomic mass is 10.2. The van der Waals surface area contributed by atoms with E-state index >= 15 is 0 Å². The Labute approximate surface area is 102 Å². The van der Waals surface area contributed by atoms with Gasteiger partial charge in [-0.05, 0) is 28.1 Å². The van der Waals surface area contributed by atoms with Gasteiger partial charge in [-0.3, -0.25) is 4.98 Å². The molecule has 2 aromatic rings. The molecular formula is C12H10BrN3. The standard InChI is InChI=1S/C12H10BrN3/c13-10-7-9-3-1-4-11(12(9)16-8-10)15-6-2-5-14/h1,3-4,7-8,15H,2,6H2. The van der Waals surface area contributed by atoms with E-state index in [0.29, 0.717) is 13.0 Å². The van der Waals surface area contributed by atoms with E-state index in [1.807, 2.05) is 24.3 Å². The van der Waals surface area contributed by atoms with Gasteiger partial charge in [-0.15, -0.1) is 0 Å². The second-order valence-electron chi connectivity index (χ2n) is 3.37. The zero-order chi connectivity index (χ0) is 11.4. The van der Waals surface area contributed by atoms with Crippen LogP contribution in [0.15, 0.2) is 34.9 Å².